The lowest BCUT2D eigenvalue weighted by molar-refractivity contribution is 0.0101. The summed E-state index contributed by atoms with van der Waals surface area (Å²) in [5, 5.41) is 0. The normalized spacial score (nSPS) is 21.4. The molecule has 2 unspecified atom stereocenters. The van der Waals surface area contributed by atoms with Gasteiger partial charge >= 0.3 is 0 Å². The summed E-state index contributed by atoms with van der Waals surface area (Å²) in [6.45, 7) is 7.57. The Morgan fingerprint density at radius 2 is 1.89 bits per heavy atom. The zero-order valence-electron chi connectivity index (χ0n) is 12.3. The van der Waals surface area contributed by atoms with Gasteiger partial charge in [0.1, 0.15) is 0 Å². The van der Waals surface area contributed by atoms with E-state index in [1.807, 2.05) is 0 Å². The van der Waals surface area contributed by atoms with E-state index in [0.29, 0.717) is 10.9 Å². The first kappa shape index (κ1) is 15.1. The molecule has 2 rings (SSSR count). The molecule has 0 saturated carbocycles. The Balaban J connectivity index is 1.97. The third kappa shape index (κ3) is 4.06. The van der Waals surface area contributed by atoms with Crippen LogP contribution in [-0.4, -0.2) is 12.7 Å². The second kappa shape index (κ2) is 6.90. The number of alkyl halides is 1. The van der Waals surface area contributed by atoms with Crippen molar-refractivity contribution in [2.75, 3.05) is 6.61 Å². The van der Waals surface area contributed by atoms with Gasteiger partial charge in [-0.1, -0.05) is 33.6 Å². The lowest BCUT2D eigenvalue weighted by Crippen LogP contribution is -2.19. The lowest BCUT2D eigenvalue weighted by atomic mass is 9.94. The van der Waals surface area contributed by atoms with Gasteiger partial charge in [0.05, 0.1) is 6.10 Å². The summed E-state index contributed by atoms with van der Waals surface area (Å²) >= 11 is 3.88. The van der Waals surface area contributed by atoms with Crippen LogP contribution in [0.4, 0.5) is 0 Å². The fraction of sp³-hybridized carbons (Fsp3) is 0.647. The van der Waals surface area contributed by atoms with E-state index >= 15 is 0 Å². The molecule has 2 heteroatoms. The maximum Gasteiger partial charge on any atom is 0.0575 e. The van der Waals surface area contributed by atoms with Crippen molar-refractivity contribution in [2.45, 2.75) is 63.8 Å². The molecule has 0 N–H and O–H groups in total. The molecule has 0 amide bonds. The molecule has 1 saturated heterocycles. The molecule has 0 radical (unpaired) electrons. The molecule has 0 bridgehead atoms. The Labute approximate surface area is 125 Å². The zero-order chi connectivity index (χ0) is 13.8. The lowest BCUT2D eigenvalue weighted by Gasteiger charge is -2.24. The Morgan fingerprint density at radius 3 is 2.47 bits per heavy atom. The summed E-state index contributed by atoms with van der Waals surface area (Å²) in [6.07, 6.45) is 6.63. The van der Waals surface area contributed by atoms with Crippen molar-refractivity contribution < 1.29 is 4.74 Å². The van der Waals surface area contributed by atoms with E-state index in [2.05, 4.69) is 48.8 Å². The van der Waals surface area contributed by atoms with Gasteiger partial charge in [0.25, 0.3) is 0 Å². The van der Waals surface area contributed by atoms with Gasteiger partial charge in [0.15, 0.2) is 0 Å². The minimum atomic E-state index is 0.457. The highest BCUT2D eigenvalue weighted by Gasteiger charge is 2.18. The topological polar surface area (TPSA) is 9.23 Å². The summed E-state index contributed by atoms with van der Waals surface area (Å²) in [4.78, 5) is 0.457. The van der Waals surface area contributed by atoms with Crippen molar-refractivity contribution in [1.29, 1.82) is 0 Å². The van der Waals surface area contributed by atoms with Crippen molar-refractivity contribution in [1.82, 2.24) is 0 Å². The Bertz CT molecular complexity index is 398. The van der Waals surface area contributed by atoms with Crippen LogP contribution in [0, 0.1) is 20.8 Å². The van der Waals surface area contributed by atoms with Crippen LogP contribution >= 0.6 is 15.9 Å². The van der Waals surface area contributed by atoms with Crippen molar-refractivity contribution in [2.24, 2.45) is 0 Å². The number of benzene rings is 1. The predicted octanol–water partition coefficient (Wildman–Crippen LogP) is 5.40. The first-order valence-electron chi connectivity index (χ1n) is 7.41. The highest BCUT2D eigenvalue weighted by molar-refractivity contribution is 9.09. The van der Waals surface area contributed by atoms with Crippen LogP contribution in [0.25, 0.3) is 0 Å². The summed E-state index contributed by atoms with van der Waals surface area (Å²) in [6, 6.07) is 4.57. The van der Waals surface area contributed by atoms with E-state index in [4.69, 9.17) is 4.74 Å². The van der Waals surface area contributed by atoms with Gasteiger partial charge in [-0.05, 0) is 69.6 Å². The quantitative estimate of drug-likeness (QED) is 0.674. The molecule has 0 aliphatic carbocycles. The van der Waals surface area contributed by atoms with E-state index < -0.39 is 0 Å². The van der Waals surface area contributed by atoms with Crippen molar-refractivity contribution in [3.63, 3.8) is 0 Å². The molecule has 2 atom stereocenters. The molecule has 1 aliphatic heterocycles. The summed E-state index contributed by atoms with van der Waals surface area (Å²) < 4.78 is 5.82. The summed E-state index contributed by atoms with van der Waals surface area (Å²) in [7, 11) is 0. The van der Waals surface area contributed by atoms with Crippen molar-refractivity contribution in [3.8, 4) is 0 Å². The average Bonchev–Trinajstić information content (AvgIpc) is 2.36. The molecule has 1 heterocycles. The van der Waals surface area contributed by atoms with Gasteiger partial charge in [0, 0.05) is 11.4 Å². The van der Waals surface area contributed by atoms with Gasteiger partial charge < -0.3 is 4.74 Å². The predicted molar refractivity (Wildman–Crippen MR) is 85.1 cm³/mol. The van der Waals surface area contributed by atoms with Gasteiger partial charge in [-0.25, -0.2) is 0 Å². The molecule has 1 aromatic rings. The Kier molecular flexibility index (Phi) is 5.47. The number of hydrogen-bond acceptors (Lipinski definition) is 1. The van der Waals surface area contributed by atoms with Crippen molar-refractivity contribution >= 4 is 15.9 Å². The number of rotatable bonds is 4. The van der Waals surface area contributed by atoms with E-state index in [-0.39, 0.29) is 0 Å². The Hall–Kier alpha value is -0.340. The second-order valence-corrected chi connectivity index (χ2v) is 6.95. The molecule has 19 heavy (non-hydrogen) atoms. The maximum absolute atomic E-state index is 5.82. The fourth-order valence-electron chi connectivity index (χ4n) is 3.20. The molecule has 0 aromatic heterocycles. The van der Waals surface area contributed by atoms with Gasteiger partial charge in [0.2, 0.25) is 0 Å². The van der Waals surface area contributed by atoms with Crippen molar-refractivity contribution in [3.05, 3.63) is 34.4 Å². The number of ether oxygens (including phenoxy) is 1. The molecular formula is C17H25BrO. The van der Waals surface area contributed by atoms with Crippen LogP contribution in [0.5, 0.6) is 0 Å². The Morgan fingerprint density at radius 1 is 1.21 bits per heavy atom. The summed E-state index contributed by atoms with van der Waals surface area (Å²) in [5.74, 6) is 0. The van der Waals surface area contributed by atoms with Crippen LogP contribution in [-0.2, 0) is 4.74 Å². The van der Waals surface area contributed by atoms with Crippen LogP contribution in [0.3, 0.4) is 0 Å². The zero-order valence-corrected chi connectivity index (χ0v) is 13.9. The van der Waals surface area contributed by atoms with E-state index in [1.54, 1.807) is 0 Å². The number of aryl methyl sites for hydroxylation is 3. The molecule has 1 aliphatic rings. The molecule has 1 nitrogen and oxygen atoms in total. The number of halogens is 1. The maximum atomic E-state index is 5.82. The average molecular weight is 325 g/mol. The van der Waals surface area contributed by atoms with Crippen LogP contribution in [0.2, 0.25) is 0 Å². The molecule has 106 valence electrons. The largest absolute Gasteiger partial charge is 0.378 e. The van der Waals surface area contributed by atoms with Gasteiger partial charge in [-0.2, -0.15) is 0 Å². The molecule has 1 fully saturated rings. The second-order valence-electron chi connectivity index (χ2n) is 5.85. The van der Waals surface area contributed by atoms with Crippen LogP contribution < -0.4 is 0 Å². The highest BCUT2D eigenvalue weighted by atomic mass is 79.9. The van der Waals surface area contributed by atoms with Crippen LogP contribution in [0.15, 0.2) is 12.1 Å². The highest BCUT2D eigenvalue weighted by Crippen LogP contribution is 2.34. The van der Waals surface area contributed by atoms with Gasteiger partial charge in [-0.3, -0.25) is 0 Å². The standard InChI is InChI=1S/C17H25BrO/c1-12-10-13(2)17(14(3)11-12)16(18)8-7-15-6-4-5-9-19-15/h10-11,15-16H,4-9H2,1-3H3. The summed E-state index contributed by atoms with van der Waals surface area (Å²) in [5.41, 5.74) is 5.64. The third-order valence-electron chi connectivity index (χ3n) is 4.07. The SMILES string of the molecule is Cc1cc(C)c(C(Br)CCC2CCCCO2)c(C)c1. The van der Waals surface area contributed by atoms with Gasteiger partial charge in [-0.15, -0.1) is 0 Å². The molecule has 0 spiro atoms. The molecule has 1 aromatic carbocycles. The minimum absolute atomic E-state index is 0.457. The monoisotopic (exact) mass is 324 g/mol. The molecular weight excluding hydrogens is 300 g/mol. The first-order valence-corrected chi connectivity index (χ1v) is 8.33. The van der Waals surface area contributed by atoms with E-state index in [1.165, 1.54) is 47.9 Å². The minimum Gasteiger partial charge on any atom is -0.378 e. The smallest absolute Gasteiger partial charge is 0.0575 e. The van der Waals surface area contributed by atoms with Crippen LogP contribution in [0.1, 0.15) is 59.2 Å². The number of hydrogen-bond donors (Lipinski definition) is 0. The fourth-order valence-corrected chi connectivity index (χ4v) is 4.18. The third-order valence-corrected chi connectivity index (χ3v) is 4.98. The van der Waals surface area contributed by atoms with E-state index in [9.17, 15) is 0 Å². The first-order chi connectivity index (χ1) is 9.08. The van der Waals surface area contributed by atoms with E-state index in [0.717, 1.165) is 13.0 Å².